The first-order valence-electron chi connectivity index (χ1n) is 14.0. The number of hydrogen-bond donors (Lipinski definition) is 2. The number of benzene rings is 3. The molecule has 0 aliphatic rings. The van der Waals surface area contributed by atoms with Crippen molar-refractivity contribution >= 4 is 44.5 Å². The zero-order valence-corrected chi connectivity index (χ0v) is 25.0. The van der Waals surface area contributed by atoms with E-state index in [1.54, 1.807) is 62.4 Å². The summed E-state index contributed by atoms with van der Waals surface area (Å²) < 4.78 is 40.5. The van der Waals surface area contributed by atoms with Crippen LogP contribution in [-0.2, 0) is 42.1 Å². The number of nitrogen functional groups attached to an aromatic ring is 1. The number of fused-ring (bicyclic) bond motifs is 1. The molecule has 0 aliphatic carbocycles. The number of nitrogens with zero attached hydrogens (tertiary/aromatic N) is 3. The van der Waals surface area contributed by atoms with Gasteiger partial charge in [-0.2, -0.15) is 0 Å². The maximum atomic E-state index is 13.7. The first kappa shape index (κ1) is 31.2. The largest absolute Gasteiger partial charge is 0.466 e. The van der Waals surface area contributed by atoms with Gasteiger partial charge in [-0.3, -0.25) is 19.3 Å². The number of aromatic nitrogens is 2. The number of amidine groups is 1. The lowest BCUT2D eigenvalue weighted by Gasteiger charge is -2.23. The third-order valence-electron chi connectivity index (χ3n) is 6.70. The van der Waals surface area contributed by atoms with Crippen LogP contribution >= 0.6 is 0 Å². The summed E-state index contributed by atoms with van der Waals surface area (Å²) in [5, 5.41) is 7.64. The van der Waals surface area contributed by atoms with Gasteiger partial charge in [0.1, 0.15) is 18.2 Å². The van der Waals surface area contributed by atoms with E-state index in [0.29, 0.717) is 42.9 Å². The Morgan fingerprint density at radius 1 is 0.953 bits per heavy atom. The van der Waals surface area contributed by atoms with Gasteiger partial charge in [-0.1, -0.05) is 42.5 Å². The molecule has 3 aromatic carbocycles. The summed E-state index contributed by atoms with van der Waals surface area (Å²) in [5.41, 5.74) is 8.68. The topological polar surface area (TPSA) is 158 Å². The van der Waals surface area contributed by atoms with Gasteiger partial charge in [0, 0.05) is 24.9 Å². The molecule has 0 fully saturated rings. The van der Waals surface area contributed by atoms with Gasteiger partial charge in [-0.15, -0.1) is 0 Å². The molecule has 43 heavy (non-hydrogen) atoms. The number of esters is 2. The Labute approximate surface area is 250 Å². The Kier molecular flexibility index (Phi) is 10.1. The lowest BCUT2D eigenvalue weighted by atomic mass is 10.1. The quantitative estimate of drug-likeness (QED) is 0.124. The molecule has 0 saturated heterocycles. The molecule has 0 unspecified atom stereocenters. The second-order valence-corrected chi connectivity index (χ2v) is 11.5. The molecule has 4 rings (SSSR count). The Morgan fingerprint density at radius 2 is 1.63 bits per heavy atom. The predicted molar refractivity (Wildman–Crippen MR) is 163 cm³/mol. The number of nitrogens with two attached hydrogens (primary N) is 1. The zero-order chi connectivity index (χ0) is 31.0. The molecule has 12 heteroatoms. The van der Waals surface area contributed by atoms with E-state index in [9.17, 15) is 18.0 Å². The molecule has 4 aromatic rings. The van der Waals surface area contributed by atoms with E-state index < -0.39 is 22.5 Å². The molecule has 0 atom stereocenters. The van der Waals surface area contributed by atoms with Crippen molar-refractivity contribution in [2.75, 3.05) is 24.1 Å². The fourth-order valence-electron chi connectivity index (χ4n) is 4.67. The summed E-state index contributed by atoms with van der Waals surface area (Å²) in [5.74, 6) is -0.282. The van der Waals surface area contributed by atoms with Crippen molar-refractivity contribution in [1.82, 2.24) is 9.55 Å². The third kappa shape index (κ3) is 7.58. The molecule has 1 aromatic heterocycles. The average Bonchev–Trinajstić information content (AvgIpc) is 3.32. The van der Waals surface area contributed by atoms with Crippen molar-refractivity contribution in [1.29, 1.82) is 5.41 Å². The molecule has 0 saturated carbocycles. The number of imidazole rings is 1. The van der Waals surface area contributed by atoms with Gasteiger partial charge in [0.05, 0.1) is 34.8 Å². The van der Waals surface area contributed by atoms with Gasteiger partial charge >= 0.3 is 11.9 Å². The van der Waals surface area contributed by atoms with Crippen LogP contribution in [0.15, 0.2) is 77.7 Å². The van der Waals surface area contributed by atoms with E-state index in [0.717, 1.165) is 15.4 Å². The number of carbonyl (C=O) groups is 2. The number of hydrogen-bond acceptors (Lipinski definition) is 8. The van der Waals surface area contributed by atoms with Crippen LogP contribution in [0.2, 0.25) is 0 Å². The predicted octanol–water partition coefficient (Wildman–Crippen LogP) is 4.01. The Balaban J connectivity index is 1.75. The molecule has 0 radical (unpaired) electrons. The summed E-state index contributed by atoms with van der Waals surface area (Å²) in [4.78, 5) is 29.4. The number of anilines is 1. The minimum Gasteiger partial charge on any atom is -0.466 e. The number of sulfonamides is 1. The van der Waals surface area contributed by atoms with Crippen molar-refractivity contribution in [3.05, 3.63) is 89.7 Å². The van der Waals surface area contributed by atoms with Crippen molar-refractivity contribution in [2.24, 2.45) is 5.73 Å². The zero-order valence-electron chi connectivity index (χ0n) is 24.2. The molecular weight excluding hydrogens is 570 g/mol. The second kappa shape index (κ2) is 14.0. The van der Waals surface area contributed by atoms with Gasteiger partial charge in [-0.25, -0.2) is 13.4 Å². The third-order valence-corrected chi connectivity index (χ3v) is 8.49. The van der Waals surface area contributed by atoms with Crippen LogP contribution in [0.1, 0.15) is 43.6 Å². The highest BCUT2D eigenvalue weighted by molar-refractivity contribution is 7.92. The number of nitrogens with one attached hydrogen (secondary N) is 1. The molecule has 1 heterocycles. The highest BCUT2D eigenvalue weighted by Gasteiger charge is 2.28. The normalized spacial score (nSPS) is 11.3. The fraction of sp³-hybridized carbons (Fsp3) is 0.290. The van der Waals surface area contributed by atoms with E-state index >= 15 is 0 Å². The summed E-state index contributed by atoms with van der Waals surface area (Å²) in [6.45, 7) is 3.81. The van der Waals surface area contributed by atoms with Gasteiger partial charge in [0.15, 0.2) is 0 Å². The van der Waals surface area contributed by atoms with Gasteiger partial charge in [-0.05, 0) is 56.2 Å². The van der Waals surface area contributed by atoms with Crippen LogP contribution in [-0.4, -0.2) is 55.5 Å². The average molecular weight is 606 g/mol. The van der Waals surface area contributed by atoms with Gasteiger partial charge in [0.2, 0.25) is 0 Å². The first-order chi connectivity index (χ1) is 20.6. The first-order valence-corrected chi connectivity index (χ1v) is 15.4. The molecular formula is C31H35N5O6S. The molecule has 3 N–H and O–H groups in total. The van der Waals surface area contributed by atoms with E-state index in [1.165, 1.54) is 12.1 Å². The van der Waals surface area contributed by atoms with E-state index in [-0.39, 0.29) is 35.4 Å². The van der Waals surface area contributed by atoms with Gasteiger partial charge in [0.25, 0.3) is 10.0 Å². The number of rotatable bonds is 14. The SMILES string of the molecule is CCOC(=O)CCCn1c(Cc2ccc(C(=N)N)cc2)nc2cc(N(CC(=O)OCC)S(=O)(=O)c3ccccc3)ccc21. The summed E-state index contributed by atoms with van der Waals surface area (Å²) in [7, 11) is -4.11. The maximum Gasteiger partial charge on any atom is 0.326 e. The van der Waals surface area contributed by atoms with E-state index in [4.69, 9.17) is 25.6 Å². The highest BCUT2D eigenvalue weighted by atomic mass is 32.2. The van der Waals surface area contributed by atoms with E-state index in [2.05, 4.69) is 0 Å². The minimum atomic E-state index is -4.11. The van der Waals surface area contributed by atoms with Crippen molar-refractivity contribution in [3.63, 3.8) is 0 Å². The Hall–Kier alpha value is -4.71. The molecule has 0 spiro atoms. The smallest absolute Gasteiger partial charge is 0.326 e. The van der Waals surface area contributed by atoms with Crippen molar-refractivity contribution in [2.45, 2.75) is 44.6 Å². The monoisotopic (exact) mass is 605 g/mol. The lowest BCUT2D eigenvalue weighted by molar-refractivity contribution is -0.143. The molecule has 11 nitrogen and oxygen atoms in total. The van der Waals surface area contributed by atoms with E-state index in [1.807, 2.05) is 16.7 Å². The second-order valence-electron chi connectivity index (χ2n) is 9.68. The van der Waals surface area contributed by atoms with Crippen LogP contribution in [0.5, 0.6) is 0 Å². The summed E-state index contributed by atoms with van der Waals surface area (Å²) >= 11 is 0. The molecule has 226 valence electrons. The summed E-state index contributed by atoms with van der Waals surface area (Å²) in [6, 6.07) is 20.2. The molecule has 0 amide bonds. The van der Waals surface area contributed by atoms with Crippen LogP contribution in [0.4, 0.5) is 5.69 Å². The number of ether oxygens (including phenoxy) is 2. The van der Waals surface area contributed by atoms with Crippen LogP contribution in [0.3, 0.4) is 0 Å². The Morgan fingerprint density at radius 3 is 2.28 bits per heavy atom. The lowest BCUT2D eigenvalue weighted by Crippen LogP contribution is -2.36. The van der Waals surface area contributed by atoms with Gasteiger partial charge < -0.3 is 19.8 Å². The summed E-state index contributed by atoms with van der Waals surface area (Å²) in [6.07, 6.45) is 1.19. The van der Waals surface area contributed by atoms with Crippen LogP contribution < -0.4 is 10.0 Å². The number of carbonyl (C=O) groups excluding carboxylic acids is 2. The Bertz CT molecular complexity index is 1700. The van der Waals surface area contributed by atoms with Crippen LogP contribution in [0, 0.1) is 5.41 Å². The standard InChI is InChI=1S/C31H35N5O6S/c1-3-41-29(37)11-8-18-35-27-17-16-24(20-26(27)34-28(35)19-22-12-14-23(15-13-22)31(32)33)36(21-30(38)42-4-2)43(39,40)25-9-6-5-7-10-25/h5-7,9-10,12-17,20H,3-4,8,11,18-19,21H2,1-2H3,(H3,32,33). The van der Waals surface area contributed by atoms with Crippen molar-refractivity contribution in [3.8, 4) is 0 Å². The van der Waals surface area contributed by atoms with Crippen LogP contribution in [0.25, 0.3) is 11.0 Å². The fourth-order valence-corrected chi connectivity index (χ4v) is 6.09. The minimum absolute atomic E-state index is 0.0249. The highest BCUT2D eigenvalue weighted by Crippen LogP contribution is 2.29. The molecule has 0 aliphatic heterocycles. The number of aryl methyl sites for hydroxylation is 1. The van der Waals surface area contributed by atoms with Crippen molar-refractivity contribution < 1.29 is 27.5 Å². The molecule has 0 bridgehead atoms. The maximum absolute atomic E-state index is 13.7.